The van der Waals surface area contributed by atoms with Gasteiger partial charge in [0.05, 0.1) is 5.37 Å². The van der Waals surface area contributed by atoms with Gasteiger partial charge in [-0.3, -0.25) is 9.80 Å². The van der Waals surface area contributed by atoms with E-state index in [9.17, 15) is 13.6 Å². The number of amides is 1. The molecule has 2 aromatic carbocycles. The molecule has 3 rings (SSSR count). The van der Waals surface area contributed by atoms with Crippen LogP contribution in [0.25, 0.3) is 0 Å². The average molecular weight is 422 g/mol. The van der Waals surface area contributed by atoms with Crippen LogP contribution in [0.4, 0.5) is 8.78 Å². The van der Waals surface area contributed by atoms with Gasteiger partial charge in [-0.1, -0.05) is 50.2 Å². The monoisotopic (exact) mass is 421 g/mol. The second kappa shape index (κ2) is 11.9. The van der Waals surface area contributed by atoms with Crippen molar-refractivity contribution in [3.63, 3.8) is 0 Å². The van der Waals surface area contributed by atoms with Crippen LogP contribution in [-0.2, 0) is 4.79 Å². The number of hydrogen-bond donors (Lipinski definition) is 2. The lowest BCUT2D eigenvalue weighted by Crippen LogP contribution is -2.43. The van der Waals surface area contributed by atoms with Crippen molar-refractivity contribution in [2.24, 2.45) is 11.7 Å². The molecule has 2 unspecified atom stereocenters. The van der Waals surface area contributed by atoms with Crippen molar-refractivity contribution in [1.82, 2.24) is 10.4 Å². The van der Waals surface area contributed by atoms with Crippen molar-refractivity contribution in [3.8, 4) is 0 Å². The summed E-state index contributed by atoms with van der Waals surface area (Å²) in [6, 6.07) is 15.4. The first-order chi connectivity index (χ1) is 13.9. The third-order valence-electron chi connectivity index (χ3n) is 4.25. The molecule has 158 valence electrons. The number of carbonyl (C=O) groups excluding carboxylic acids is 1. The Labute approximate surface area is 175 Å². The molecule has 1 heterocycles. The van der Waals surface area contributed by atoms with Gasteiger partial charge in [-0.2, -0.15) is 0 Å². The van der Waals surface area contributed by atoms with E-state index in [0.717, 1.165) is 18.6 Å². The first-order valence-electron chi connectivity index (χ1n) is 9.81. The molecule has 0 bridgehead atoms. The summed E-state index contributed by atoms with van der Waals surface area (Å²) in [6.45, 7) is 4.47. The minimum absolute atomic E-state index is 0.0335. The Hall–Kier alpha value is -1.96. The van der Waals surface area contributed by atoms with Crippen molar-refractivity contribution in [3.05, 3.63) is 71.8 Å². The zero-order valence-electron chi connectivity index (χ0n) is 16.9. The van der Waals surface area contributed by atoms with Gasteiger partial charge in [0.2, 0.25) is 5.91 Å². The lowest BCUT2D eigenvalue weighted by atomic mass is 10.1. The summed E-state index contributed by atoms with van der Waals surface area (Å²) in [5.74, 6) is -0.773. The normalized spacial score (nSPS) is 18.5. The summed E-state index contributed by atoms with van der Waals surface area (Å²) in [5, 5.41) is 0.956. The minimum atomic E-state index is -0.491. The van der Waals surface area contributed by atoms with Gasteiger partial charge in [0, 0.05) is 12.0 Å². The molecule has 1 aliphatic rings. The smallest absolute Gasteiger partial charge is 0.238 e. The molecule has 0 spiro atoms. The highest BCUT2D eigenvalue weighted by Gasteiger charge is 2.37. The maximum absolute atomic E-state index is 14.0. The summed E-state index contributed by atoms with van der Waals surface area (Å²) in [5.41, 5.74) is 8.82. The van der Waals surface area contributed by atoms with Crippen LogP contribution in [0.1, 0.15) is 44.0 Å². The molecule has 4 nitrogen and oxygen atoms in total. The molecule has 0 aliphatic carbocycles. The highest BCUT2D eigenvalue weighted by Crippen LogP contribution is 2.41. The van der Waals surface area contributed by atoms with E-state index in [1.165, 1.54) is 17.8 Å². The largest absolute Gasteiger partial charge is 0.330 e. The molecule has 1 amide bonds. The van der Waals surface area contributed by atoms with Gasteiger partial charge < -0.3 is 5.73 Å². The minimum Gasteiger partial charge on any atom is -0.330 e. The van der Waals surface area contributed by atoms with Gasteiger partial charge in [0.15, 0.2) is 0 Å². The summed E-state index contributed by atoms with van der Waals surface area (Å²) in [7, 11) is 0. The number of rotatable bonds is 6. The predicted octanol–water partition coefficient (Wildman–Crippen LogP) is 4.84. The molecule has 1 aliphatic heterocycles. The summed E-state index contributed by atoms with van der Waals surface area (Å²) in [6.07, 6.45) is 1.89. The maximum Gasteiger partial charge on any atom is 0.238 e. The van der Waals surface area contributed by atoms with Gasteiger partial charge >= 0.3 is 0 Å². The zero-order valence-corrected chi connectivity index (χ0v) is 17.7. The molecule has 2 aromatic rings. The number of thioether (sulfide) groups is 1. The lowest BCUT2D eigenvalue weighted by Gasteiger charge is -2.24. The molecule has 0 saturated carbocycles. The number of halogens is 2. The van der Waals surface area contributed by atoms with Crippen LogP contribution in [0.15, 0.2) is 54.6 Å². The van der Waals surface area contributed by atoms with Crippen LogP contribution in [0, 0.1) is 17.6 Å². The third-order valence-corrected chi connectivity index (χ3v) is 5.64. The molecule has 0 radical (unpaired) electrons. The van der Waals surface area contributed by atoms with Crippen molar-refractivity contribution < 1.29 is 13.6 Å². The molecule has 2 atom stereocenters. The fraction of sp³-hybridized carbons (Fsp3) is 0.409. The number of carbonyl (C=O) groups is 1. The molecule has 3 N–H and O–H groups in total. The average Bonchev–Trinajstić information content (AvgIpc) is 3.13. The molecular weight excluding hydrogens is 392 g/mol. The van der Waals surface area contributed by atoms with E-state index in [0.29, 0.717) is 19.4 Å². The van der Waals surface area contributed by atoms with Crippen LogP contribution in [-0.4, -0.2) is 22.8 Å². The maximum atomic E-state index is 14.0. The van der Waals surface area contributed by atoms with Crippen LogP contribution in [0.2, 0.25) is 0 Å². The fourth-order valence-electron chi connectivity index (χ4n) is 2.87. The van der Waals surface area contributed by atoms with E-state index in [1.54, 1.807) is 5.01 Å². The van der Waals surface area contributed by atoms with E-state index in [1.807, 2.05) is 50.2 Å². The second-order valence-electron chi connectivity index (χ2n) is 7.21. The Bertz CT molecular complexity index is 734. The Morgan fingerprint density at radius 2 is 1.79 bits per heavy atom. The highest BCUT2D eigenvalue weighted by atomic mass is 32.2. The molecule has 1 fully saturated rings. The Kier molecular flexibility index (Phi) is 9.57. The first kappa shape index (κ1) is 23.3. The number of hydrazine groups is 1. The van der Waals surface area contributed by atoms with Crippen molar-refractivity contribution in [1.29, 1.82) is 0 Å². The van der Waals surface area contributed by atoms with Crippen molar-refractivity contribution in [2.75, 3.05) is 6.54 Å². The number of hydrogen-bond acceptors (Lipinski definition) is 4. The predicted molar refractivity (Wildman–Crippen MR) is 115 cm³/mol. The number of nitrogens with zero attached hydrogens (tertiary/aromatic N) is 1. The van der Waals surface area contributed by atoms with E-state index < -0.39 is 17.0 Å². The number of nitrogens with one attached hydrogen (secondary N) is 1. The Morgan fingerprint density at radius 3 is 2.34 bits per heavy atom. The Morgan fingerprint density at radius 1 is 1.17 bits per heavy atom. The number of benzene rings is 2. The summed E-state index contributed by atoms with van der Waals surface area (Å²) in [4.78, 5) is 12.4. The van der Waals surface area contributed by atoms with Gasteiger partial charge in [0.1, 0.15) is 17.0 Å². The van der Waals surface area contributed by atoms with E-state index in [-0.39, 0.29) is 22.8 Å². The second-order valence-corrected chi connectivity index (χ2v) is 8.50. The summed E-state index contributed by atoms with van der Waals surface area (Å²) >= 11 is 1.42. The van der Waals surface area contributed by atoms with E-state index in [2.05, 4.69) is 5.43 Å². The lowest BCUT2D eigenvalue weighted by molar-refractivity contribution is -0.135. The molecule has 29 heavy (non-hydrogen) atoms. The molecule has 7 heteroatoms. The van der Waals surface area contributed by atoms with Crippen molar-refractivity contribution in [2.45, 2.75) is 43.9 Å². The van der Waals surface area contributed by atoms with Gasteiger partial charge in [-0.15, -0.1) is 11.8 Å². The van der Waals surface area contributed by atoms with Crippen LogP contribution in [0.5, 0.6) is 0 Å². The summed E-state index contributed by atoms with van der Waals surface area (Å²) < 4.78 is 27.4. The topological polar surface area (TPSA) is 58.4 Å². The van der Waals surface area contributed by atoms with Crippen LogP contribution >= 0.6 is 11.8 Å². The number of nitrogens with two attached hydrogens (primary N) is 1. The zero-order chi connectivity index (χ0) is 21.2. The quantitative estimate of drug-likeness (QED) is 0.701. The first-order valence-corrected chi connectivity index (χ1v) is 10.8. The highest BCUT2D eigenvalue weighted by molar-refractivity contribution is 8.00. The molecular formula is C22H29F2N3OS. The standard InChI is InChI=1S/C16H23F2N3OS.C6H6/c1-10(2)8-14(22)21-15(4-3-7-19)23-16(20-21)12-9-11(17)5-6-13(12)18;1-2-4-6-5-3-1/h5-6,9-10,15-16,20H,3-4,7-8,19H2,1-2H3;1-6H. The third kappa shape index (κ3) is 7.42. The molecule has 1 saturated heterocycles. The fourth-order valence-corrected chi connectivity index (χ4v) is 4.29. The SMILES string of the molecule is CC(C)CC(=O)N1NC(c2cc(F)ccc2F)SC1CCCN.c1ccccc1. The van der Waals surface area contributed by atoms with Crippen molar-refractivity contribution >= 4 is 17.7 Å². The van der Waals surface area contributed by atoms with E-state index in [4.69, 9.17) is 5.73 Å². The van der Waals surface area contributed by atoms with Crippen LogP contribution in [0.3, 0.4) is 0 Å². The molecule has 0 aromatic heterocycles. The van der Waals surface area contributed by atoms with Gasteiger partial charge in [-0.05, 0) is 43.5 Å². The Balaban J connectivity index is 0.000000426. The van der Waals surface area contributed by atoms with Gasteiger partial charge in [0.25, 0.3) is 0 Å². The van der Waals surface area contributed by atoms with E-state index >= 15 is 0 Å². The van der Waals surface area contributed by atoms with Crippen LogP contribution < -0.4 is 11.2 Å². The van der Waals surface area contributed by atoms with Gasteiger partial charge in [-0.25, -0.2) is 14.2 Å².